The molecule has 1 heterocycles. The van der Waals surface area contributed by atoms with Gasteiger partial charge in [-0.05, 0) is 5.56 Å². The molecule has 1 rings (SSSR count). The van der Waals surface area contributed by atoms with Gasteiger partial charge in [0.05, 0.1) is 23.7 Å². The maximum atomic E-state index is 12.8. The molecule has 0 fully saturated rings. The van der Waals surface area contributed by atoms with Gasteiger partial charge in [0, 0.05) is 17.6 Å². The third kappa shape index (κ3) is 2.26. The van der Waals surface area contributed by atoms with E-state index in [4.69, 9.17) is 22.1 Å². The lowest BCUT2D eigenvalue weighted by Crippen LogP contribution is -2.05. The molecular formula is C10H6ClF2N3. The average molecular weight is 242 g/mol. The fourth-order valence-electron chi connectivity index (χ4n) is 1.32. The number of halogens is 3. The Morgan fingerprint density at radius 2 is 2.12 bits per heavy atom. The Balaban J connectivity index is 3.46. The van der Waals surface area contributed by atoms with Crippen LogP contribution in [0, 0.1) is 22.7 Å². The average Bonchev–Trinajstić information content (AvgIpc) is 2.28. The van der Waals surface area contributed by atoms with E-state index in [1.165, 1.54) is 0 Å². The fourth-order valence-corrected chi connectivity index (χ4v) is 1.61. The molecule has 0 amide bonds. The number of alkyl halides is 3. The number of hydrogen-bond donors (Lipinski definition) is 0. The Hall–Kier alpha value is -1.72. The van der Waals surface area contributed by atoms with Crippen LogP contribution in [0.15, 0.2) is 6.20 Å². The molecule has 82 valence electrons. The summed E-state index contributed by atoms with van der Waals surface area (Å²) >= 11 is 5.54. The van der Waals surface area contributed by atoms with Gasteiger partial charge in [-0.25, -0.2) is 8.78 Å². The zero-order chi connectivity index (χ0) is 12.1. The third-order valence-electron chi connectivity index (χ3n) is 2.03. The summed E-state index contributed by atoms with van der Waals surface area (Å²) in [5, 5.41) is 17.2. The third-order valence-corrected chi connectivity index (χ3v) is 2.30. The molecule has 6 heteroatoms. The van der Waals surface area contributed by atoms with Gasteiger partial charge < -0.3 is 0 Å². The van der Waals surface area contributed by atoms with E-state index < -0.39 is 12.0 Å². The van der Waals surface area contributed by atoms with Crippen molar-refractivity contribution in [2.45, 2.75) is 18.7 Å². The normalized spacial score (nSPS) is 9.88. The van der Waals surface area contributed by atoms with E-state index in [1.807, 2.05) is 0 Å². The largest absolute Gasteiger partial charge is 0.265 e. The molecule has 0 aliphatic heterocycles. The number of aromatic nitrogens is 1. The van der Waals surface area contributed by atoms with Crippen molar-refractivity contribution in [3.8, 4) is 12.1 Å². The smallest absolute Gasteiger partial charge is 0.258 e. The van der Waals surface area contributed by atoms with Gasteiger partial charge in [0.1, 0.15) is 6.07 Å². The zero-order valence-electron chi connectivity index (χ0n) is 8.04. The van der Waals surface area contributed by atoms with Gasteiger partial charge in [-0.2, -0.15) is 10.5 Å². The van der Waals surface area contributed by atoms with Gasteiger partial charge in [0.25, 0.3) is 6.43 Å². The van der Waals surface area contributed by atoms with Crippen molar-refractivity contribution >= 4 is 11.6 Å². The van der Waals surface area contributed by atoms with Crippen molar-refractivity contribution < 1.29 is 8.78 Å². The summed E-state index contributed by atoms with van der Waals surface area (Å²) in [4.78, 5) is 3.69. The molecule has 0 aliphatic carbocycles. The van der Waals surface area contributed by atoms with Crippen molar-refractivity contribution in [3.63, 3.8) is 0 Å². The van der Waals surface area contributed by atoms with Gasteiger partial charge in [-0.15, -0.1) is 11.6 Å². The Labute approximate surface area is 95.9 Å². The van der Waals surface area contributed by atoms with Crippen LogP contribution >= 0.6 is 11.6 Å². The van der Waals surface area contributed by atoms with Gasteiger partial charge in [0.2, 0.25) is 0 Å². The summed E-state index contributed by atoms with van der Waals surface area (Å²) in [5.74, 6) is -0.205. The minimum absolute atomic E-state index is 0.0204. The number of pyridine rings is 1. The first kappa shape index (κ1) is 12.4. The van der Waals surface area contributed by atoms with E-state index >= 15 is 0 Å². The van der Waals surface area contributed by atoms with E-state index in [9.17, 15) is 8.78 Å². The fraction of sp³-hybridized carbons (Fsp3) is 0.300. The molecule has 1 aromatic rings. The Morgan fingerprint density at radius 3 is 2.56 bits per heavy atom. The number of rotatable bonds is 3. The second kappa shape index (κ2) is 5.39. The zero-order valence-corrected chi connectivity index (χ0v) is 8.80. The highest BCUT2D eigenvalue weighted by atomic mass is 35.5. The number of nitrogens with zero attached hydrogens (tertiary/aromatic N) is 3. The molecular weight excluding hydrogens is 236 g/mol. The Morgan fingerprint density at radius 1 is 1.44 bits per heavy atom. The Bertz CT molecular complexity index is 474. The minimum atomic E-state index is -2.79. The summed E-state index contributed by atoms with van der Waals surface area (Å²) in [5.41, 5.74) is -0.339. The first-order chi connectivity index (χ1) is 7.65. The van der Waals surface area contributed by atoms with Crippen LogP contribution in [0.3, 0.4) is 0 Å². The molecule has 1 aromatic heterocycles. The predicted octanol–water partition coefficient (Wildman–Crippen LogP) is 2.70. The summed E-state index contributed by atoms with van der Waals surface area (Å²) in [6.45, 7) is 0. The summed E-state index contributed by atoms with van der Waals surface area (Å²) in [7, 11) is 0. The molecule has 0 radical (unpaired) electrons. The van der Waals surface area contributed by atoms with Crippen molar-refractivity contribution in [1.29, 1.82) is 10.5 Å². The highest BCUT2D eigenvalue weighted by Crippen LogP contribution is 2.29. The van der Waals surface area contributed by atoms with Crippen LogP contribution in [0.25, 0.3) is 0 Å². The lowest BCUT2D eigenvalue weighted by molar-refractivity contribution is 0.149. The van der Waals surface area contributed by atoms with Crippen LogP contribution in [0.1, 0.15) is 28.8 Å². The molecule has 0 atom stereocenters. The molecule has 0 saturated carbocycles. The van der Waals surface area contributed by atoms with E-state index in [2.05, 4.69) is 4.98 Å². The second-order valence-electron chi connectivity index (χ2n) is 2.89. The van der Waals surface area contributed by atoms with Gasteiger partial charge in [-0.3, -0.25) is 4.98 Å². The van der Waals surface area contributed by atoms with Crippen LogP contribution < -0.4 is 0 Å². The summed E-state index contributed by atoms with van der Waals surface area (Å²) in [6.07, 6.45) is -1.86. The standard InChI is InChI=1S/C10H6ClF2N3/c11-3-7-6(4-15)5-16-8(1-2-14)9(7)10(12)13/h5,10H,1,3H2. The van der Waals surface area contributed by atoms with E-state index in [0.717, 1.165) is 6.20 Å². The molecule has 3 nitrogen and oxygen atoms in total. The molecule has 0 aliphatic rings. The van der Waals surface area contributed by atoms with Crippen LogP contribution in [-0.4, -0.2) is 4.98 Å². The summed E-state index contributed by atoms with van der Waals surface area (Å²) in [6, 6.07) is 3.49. The highest BCUT2D eigenvalue weighted by Gasteiger charge is 2.21. The van der Waals surface area contributed by atoms with Crippen LogP contribution in [-0.2, 0) is 12.3 Å². The van der Waals surface area contributed by atoms with Gasteiger partial charge >= 0.3 is 0 Å². The number of nitriles is 2. The lowest BCUT2D eigenvalue weighted by Gasteiger charge is -2.11. The van der Waals surface area contributed by atoms with Gasteiger partial charge in [-0.1, -0.05) is 0 Å². The maximum Gasteiger partial charge on any atom is 0.265 e. The van der Waals surface area contributed by atoms with Crippen molar-refractivity contribution in [3.05, 3.63) is 28.6 Å². The second-order valence-corrected chi connectivity index (χ2v) is 3.16. The van der Waals surface area contributed by atoms with Crippen LogP contribution in [0.5, 0.6) is 0 Å². The van der Waals surface area contributed by atoms with Crippen LogP contribution in [0.2, 0.25) is 0 Å². The van der Waals surface area contributed by atoms with E-state index in [-0.39, 0.29) is 29.1 Å². The SMILES string of the molecule is N#CCc1ncc(C#N)c(CCl)c1C(F)F. The van der Waals surface area contributed by atoms with Crippen molar-refractivity contribution in [2.75, 3.05) is 0 Å². The van der Waals surface area contributed by atoms with Gasteiger partial charge in [0.15, 0.2) is 0 Å². The molecule has 0 bridgehead atoms. The molecule has 16 heavy (non-hydrogen) atoms. The number of hydrogen-bond acceptors (Lipinski definition) is 3. The quantitative estimate of drug-likeness (QED) is 0.765. The monoisotopic (exact) mass is 241 g/mol. The minimum Gasteiger partial charge on any atom is -0.258 e. The molecule has 0 spiro atoms. The van der Waals surface area contributed by atoms with Crippen molar-refractivity contribution in [1.82, 2.24) is 4.98 Å². The molecule has 0 unspecified atom stereocenters. The first-order valence-electron chi connectivity index (χ1n) is 4.27. The van der Waals surface area contributed by atoms with E-state index in [1.54, 1.807) is 12.1 Å². The van der Waals surface area contributed by atoms with Crippen LogP contribution in [0.4, 0.5) is 8.78 Å². The maximum absolute atomic E-state index is 12.8. The summed E-state index contributed by atoms with van der Waals surface area (Å²) < 4.78 is 25.6. The molecule has 0 saturated heterocycles. The highest BCUT2D eigenvalue weighted by molar-refractivity contribution is 6.17. The lowest BCUT2D eigenvalue weighted by atomic mass is 10.0. The van der Waals surface area contributed by atoms with E-state index in [0.29, 0.717) is 0 Å². The Kier molecular flexibility index (Phi) is 4.16. The first-order valence-corrected chi connectivity index (χ1v) is 4.81. The molecule has 0 N–H and O–H groups in total. The van der Waals surface area contributed by atoms with Crippen molar-refractivity contribution in [2.24, 2.45) is 0 Å². The predicted molar refractivity (Wildman–Crippen MR) is 52.8 cm³/mol. The molecule has 0 aromatic carbocycles. The topological polar surface area (TPSA) is 60.5 Å².